The number of alkyl halides is 3. The van der Waals surface area contributed by atoms with E-state index in [2.05, 4.69) is 25.5 Å². The lowest BCUT2D eigenvalue weighted by atomic mass is 9.92. The van der Waals surface area contributed by atoms with Gasteiger partial charge in [-0.1, -0.05) is 26.0 Å². The van der Waals surface area contributed by atoms with Crippen molar-refractivity contribution in [3.05, 3.63) is 53.9 Å². The lowest BCUT2D eigenvalue weighted by Gasteiger charge is -2.33. The molecule has 1 fully saturated rings. The zero-order valence-electron chi connectivity index (χ0n) is 18.6. The number of nitrogens with one attached hydrogen (secondary N) is 1. The van der Waals surface area contributed by atoms with Crippen molar-refractivity contribution in [3.8, 4) is 0 Å². The molecule has 1 amide bonds. The molecule has 0 radical (unpaired) electrons. The van der Waals surface area contributed by atoms with Crippen LogP contribution in [-0.2, 0) is 11.0 Å². The van der Waals surface area contributed by atoms with Crippen molar-refractivity contribution in [1.82, 2.24) is 25.1 Å². The van der Waals surface area contributed by atoms with Crippen molar-refractivity contribution >= 4 is 17.4 Å². The highest BCUT2D eigenvalue weighted by atomic mass is 19.4. The number of carbonyl (C=O) groups excluding carboxylic acids is 1. The highest BCUT2D eigenvalue weighted by Crippen LogP contribution is 2.32. The Morgan fingerprint density at radius 2 is 1.94 bits per heavy atom. The van der Waals surface area contributed by atoms with Crippen LogP contribution in [0.2, 0.25) is 0 Å². The molecule has 10 heteroatoms. The lowest BCUT2D eigenvalue weighted by Crippen LogP contribution is -2.42. The minimum atomic E-state index is -4.42. The molecule has 1 unspecified atom stereocenters. The SMILES string of the molecule is CC(C)CC(NC(=O)C1CCN(c2ccc3nncn3n2)CC1)c1cccc(C(F)(F)F)c1. The third-order valence-corrected chi connectivity index (χ3v) is 5.98. The third kappa shape index (κ3) is 5.43. The van der Waals surface area contributed by atoms with Gasteiger partial charge in [0.1, 0.15) is 12.1 Å². The van der Waals surface area contributed by atoms with E-state index in [4.69, 9.17) is 0 Å². The maximum absolute atomic E-state index is 13.2. The molecule has 1 atom stereocenters. The fourth-order valence-corrected chi connectivity index (χ4v) is 4.23. The Balaban J connectivity index is 1.41. The normalized spacial score (nSPS) is 16.4. The molecule has 1 saturated heterocycles. The Bertz CT molecular complexity index is 1100. The largest absolute Gasteiger partial charge is 0.416 e. The second-order valence-electron chi connectivity index (χ2n) is 8.90. The van der Waals surface area contributed by atoms with E-state index in [-0.39, 0.29) is 17.7 Å². The van der Waals surface area contributed by atoms with Gasteiger partial charge in [0.15, 0.2) is 5.65 Å². The van der Waals surface area contributed by atoms with E-state index < -0.39 is 17.8 Å². The standard InChI is InChI=1S/C23H27F3N6O/c1-15(2)12-19(17-4-3-5-18(13-17)23(24,25)26)28-22(33)16-8-10-31(11-9-16)21-7-6-20-29-27-14-32(20)30-21/h3-7,13-16,19H,8-12H2,1-2H3,(H,28,33). The molecule has 3 heterocycles. The van der Waals surface area contributed by atoms with Crippen LogP contribution >= 0.6 is 0 Å². The molecule has 0 bridgehead atoms. The topological polar surface area (TPSA) is 75.4 Å². The maximum Gasteiger partial charge on any atom is 0.416 e. The first-order valence-electron chi connectivity index (χ1n) is 11.1. The number of hydrogen-bond acceptors (Lipinski definition) is 5. The molecule has 2 aromatic heterocycles. The fraction of sp³-hybridized carbons (Fsp3) is 0.478. The predicted molar refractivity (Wildman–Crippen MR) is 118 cm³/mol. The summed E-state index contributed by atoms with van der Waals surface area (Å²) in [4.78, 5) is 15.2. The number of anilines is 1. The van der Waals surface area contributed by atoms with Crippen molar-refractivity contribution in [3.63, 3.8) is 0 Å². The molecular weight excluding hydrogens is 433 g/mol. The summed E-state index contributed by atoms with van der Waals surface area (Å²) in [5.74, 6) is 0.702. The number of carbonyl (C=O) groups is 1. The molecule has 1 aliphatic rings. The van der Waals surface area contributed by atoms with Gasteiger partial charge in [0.05, 0.1) is 11.6 Å². The van der Waals surface area contributed by atoms with E-state index >= 15 is 0 Å². The Morgan fingerprint density at radius 1 is 1.18 bits per heavy atom. The van der Waals surface area contributed by atoms with E-state index in [0.717, 1.165) is 18.0 Å². The number of amides is 1. The Hall–Kier alpha value is -3.17. The molecule has 4 rings (SSSR count). The molecule has 0 aliphatic carbocycles. The van der Waals surface area contributed by atoms with Gasteiger partial charge in [-0.3, -0.25) is 4.79 Å². The van der Waals surface area contributed by atoms with Crippen LogP contribution in [0.15, 0.2) is 42.7 Å². The molecule has 1 aromatic carbocycles. The number of fused-ring (bicyclic) bond motifs is 1. The van der Waals surface area contributed by atoms with Crippen LogP contribution in [0.4, 0.5) is 19.0 Å². The number of benzene rings is 1. The zero-order chi connectivity index (χ0) is 23.6. The van der Waals surface area contributed by atoms with Crippen LogP contribution in [0.1, 0.15) is 50.3 Å². The molecule has 1 aliphatic heterocycles. The molecule has 3 aromatic rings. The molecule has 1 N–H and O–H groups in total. The van der Waals surface area contributed by atoms with Gasteiger partial charge >= 0.3 is 6.18 Å². The van der Waals surface area contributed by atoms with Crippen molar-refractivity contribution in [1.29, 1.82) is 0 Å². The molecule has 0 saturated carbocycles. The molecule has 0 spiro atoms. The van der Waals surface area contributed by atoms with Crippen LogP contribution in [0.3, 0.4) is 0 Å². The van der Waals surface area contributed by atoms with Crippen molar-refractivity contribution in [2.75, 3.05) is 18.0 Å². The second kappa shape index (κ2) is 9.36. The molecule has 176 valence electrons. The monoisotopic (exact) mass is 460 g/mol. The van der Waals surface area contributed by atoms with E-state index in [1.165, 1.54) is 6.07 Å². The summed E-state index contributed by atoms with van der Waals surface area (Å²) in [7, 11) is 0. The zero-order valence-corrected chi connectivity index (χ0v) is 18.6. The van der Waals surface area contributed by atoms with Gasteiger partial charge in [0, 0.05) is 19.0 Å². The number of halogens is 3. The minimum Gasteiger partial charge on any atom is -0.355 e. The van der Waals surface area contributed by atoms with Gasteiger partial charge in [-0.05, 0) is 55.0 Å². The van der Waals surface area contributed by atoms with Crippen LogP contribution in [0.5, 0.6) is 0 Å². The number of hydrogen-bond donors (Lipinski definition) is 1. The first kappa shape index (κ1) is 23.0. The van der Waals surface area contributed by atoms with Gasteiger partial charge < -0.3 is 10.2 Å². The summed E-state index contributed by atoms with van der Waals surface area (Å²) in [5, 5.41) is 15.3. The highest BCUT2D eigenvalue weighted by molar-refractivity contribution is 5.79. The maximum atomic E-state index is 13.2. The van der Waals surface area contributed by atoms with Gasteiger partial charge in [-0.2, -0.15) is 17.7 Å². The van der Waals surface area contributed by atoms with E-state index in [9.17, 15) is 18.0 Å². The first-order chi connectivity index (χ1) is 15.7. The van der Waals surface area contributed by atoms with Crippen LogP contribution in [-0.4, -0.2) is 38.8 Å². The lowest BCUT2D eigenvalue weighted by molar-refractivity contribution is -0.137. The molecule has 33 heavy (non-hydrogen) atoms. The number of nitrogens with zero attached hydrogens (tertiary/aromatic N) is 5. The smallest absolute Gasteiger partial charge is 0.355 e. The second-order valence-corrected chi connectivity index (χ2v) is 8.90. The average Bonchev–Trinajstić information content (AvgIpc) is 3.26. The van der Waals surface area contributed by atoms with E-state index in [1.807, 2.05) is 26.0 Å². The molecular formula is C23H27F3N6O. The summed E-state index contributed by atoms with van der Waals surface area (Å²) in [6.45, 7) is 5.31. The Morgan fingerprint density at radius 3 is 2.64 bits per heavy atom. The van der Waals surface area contributed by atoms with Gasteiger partial charge in [-0.15, -0.1) is 15.3 Å². The minimum absolute atomic E-state index is 0.111. The van der Waals surface area contributed by atoms with Crippen LogP contribution in [0, 0.1) is 11.8 Å². The first-order valence-corrected chi connectivity index (χ1v) is 11.1. The van der Waals surface area contributed by atoms with Crippen molar-refractivity contribution in [2.24, 2.45) is 11.8 Å². The molecule has 7 nitrogen and oxygen atoms in total. The summed E-state index contributed by atoms with van der Waals surface area (Å²) >= 11 is 0. The Kier molecular flexibility index (Phi) is 6.53. The fourth-order valence-electron chi connectivity index (χ4n) is 4.23. The number of piperidine rings is 1. The predicted octanol–water partition coefficient (Wildman–Crippen LogP) is 4.26. The number of aromatic nitrogens is 4. The summed E-state index contributed by atoms with van der Waals surface area (Å²) in [6, 6.07) is 8.52. The van der Waals surface area contributed by atoms with E-state index in [1.54, 1.807) is 16.9 Å². The van der Waals surface area contributed by atoms with Crippen LogP contribution in [0.25, 0.3) is 5.65 Å². The van der Waals surface area contributed by atoms with Gasteiger partial charge in [-0.25, -0.2) is 0 Å². The van der Waals surface area contributed by atoms with Crippen LogP contribution < -0.4 is 10.2 Å². The van der Waals surface area contributed by atoms with E-state index in [0.29, 0.717) is 43.6 Å². The third-order valence-electron chi connectivity index (χ3n) is 5.98. The summed E-state index contributed by atoms with van der Waals surface area (Å²) < 4.78 is 41.2. The van der Waals surface area contributed by atoms with Gasteiger partial charge in [0.25, 0.3) is 0 Å². The number of rotatable bonds is 6. The van der Waals surface area contributed by atoms with Crippen molar-refractivity contribution in [2.45, 2.75) is 45.3 Å². The average molecular weight is 461 g/mol. The van der Waals surface area contributed by atoms with Gasteiger partial charge in [0.2, 0.25) is 5.91 Å². The quantitative estimate of drug-likeness (QED) is 0.595. The highest BCUT2D eigenvalue weighted by Gasteiger charge is 2.32. The summed E-state index contributed by atoms with van der Waals surface area (Å²) in [6.07, 6.45) is -1.02. The summed E-state index contributed by atoms with van der Waals surface area (Å²) in [5.41, 5.74) is 0.448. The Labute approximate surface area is 190 Å². The van der Waals surface area contributed by atoms with Crippen molar-refractivity contribution < 1.29 is 18.0 Å².